The Morgan fingerprint density at radius 3 is 2.64 bits per heavy atom. The van der Waals surface area contributed by atoms with E-state index >= 15 is 0 Å². The Morgan fingerprint density at radius 1 is 0.929 bits per heavy atom. The Morgan fingerprint density at radius 2 is 1.71 bits per heavy atom. The number of aromatic amines is 1. The summed E-state index contributed by atoms with van der Waals surface area (Å²) >= 11 is 0. The van der Waals surface area contributed by atoms with Crippen molar-refractivity contribution in [2.45, 2.75) is 0 Å². The Kier molecular flexibility index (Phi) is 2.39. The zero-order valence-electron chi connectivity index (χ0n) is 7.40. The number of hydrogen-bond acceptors (Lipinski definition) is 0. The first-order valence-corrected chi connectivity index (χ1v) is 4.32. The number of H-pyrrole nitrogens is 1. The quantitative estimate of drug-likeness (QED) is 0.476. The van der Waals surface area contributed by atoms with Crippen molar-refractivity contribution in [2.75, 3.05) is 0 Å². The molecule has 2 aromatic carbocycles. The second kappa shape index (κ2) is 3.55. The molecule has 1 aromatic heterocycles. The van der Waals surface area contributed by atoms with E-state index in [1.165, 1.54) is 16.3 Å². The first kappa shape index (κ1) is 9.42. The Bertz CT molecular complexity index is 518. The molecule has 0 fully saturated rings. The number of nitrogens with one attached hydrogen (secondary N) is 1. The van der Waals surface area contributed by atoms with Crippen molar-refractivity contribution in [3.05, 3.63) is 48.5 Å². The van der Waals surface area contributed by atoms with Crippen LogP contribution in [-0.4, -0.2) is 4.98 Å². The van der Waals surface area contributed by atoms with Crippen molar-refractivity contribution in [1.82, 2.24) is 4.98 Å². The van der Waals surface area contributed by atoms with Gasteiger partial charge in [-0.25, -0.2) is 0 Å². The van der Waals surface area contributed by atoms with Crippen LogP contribution in [0, 0.1) is 6.07 Å². The van der Waals surface area contributed by atoms with Gasteiger partial charge in [-0.05, 0) is 11.5 Å². The summed E-state index contributed by atoms with van der Waals surface area (Å²) in [6.45, 7) is 0. The van der Waals surface area contributed by atoms with Gasteiger partial charge < -0.3 is 4.98 Å². The maximum atomic E-state index is 3.32. The maximum Gasteiger partial charge on any atom is 1.00 e. The van der Waals surface area contributed by atoms with Crippen molar-refractivity contribution in [3.63, 3.8) is 0 Å². The Hall–Kier alpha value is -1.14. The molecule has 0 unspecified atom stereocenters. The van der Waals surface area contributed by atoms with Gasteiger partial charge in [0.1, 0.15) is 0 Å². The summed E-state index contributed by atoms with van der Waals surface area (Å²) in [5, 5.41) is 2.52. The van der Waals surface area contributed by atoms with Crippen molar-refractivity contribution in [1.29, 1.82) is 0 Å². The predicted octanol–water partition coefficient (Wildman–Crippen LogP) is 3.12. The van der Waals surface area contributed by atoms with Crippen molar-refractivity contribution >= 4 is 21.8 Å². The molecule has 0 aliphatic carbocycles. The Labute approximate surface area is 94.9 Å². The van der Waals surface area contributed by atoms with Crippen molar-refractivity contribution in [2.24, 2.45) is 0 Å². The van der Waals surface area contributed by atoms with Crippen LogP contribution < -0.4 is 0 Å². The van der Waals surface area contributed by atoms with E-state index in [0.717, 1.165) is 5.52 Å². The summed E-state index contributed by atoms with van der Waals surface area (Å²) in [5.41, 5.74) is 2.27. The number of benzene rings is 2. The van der Waals surface area contributed by atoms with E-state index in [1.807, 2.05) is 18.2 Å². The smallest absolute Gasteiger partial charge is 0.378 e. The van der Waals surface area contributed by atoms with Crippen LogP contribution in [0.4, 0.5) is 0 Å². The van der Waals surface area contributed by atoms with Gasteiger partial charge in [-0.2, -0.15) is 24.3 Å². The summed E-state index contributed by atoms with van der Waals surface area (Å²) < 4.78 is 0. The van der Waals surface area contributed by atoms with Gasteiger partial charge in [-0.1, -0.05) is 23.7 Å². The number of aromatic nitrogens is 1. The van der Waals surface area contributed by atoms with Crippen LogP contribution >= 0.6 is 0 Å². The summed E-state index contributed by atoms with van der Waals surface area (Å²) in [5.74, 6) is 0. The third-order valence-electron chi connectivity index (χ3n) is 2.33. The summed E-state index contributed by atoms with van der Waals surface area (Å²) in [4.78, 5) is 3.32. The molecule has 0 saturated heterocycles. The van der Waals surface area contributed by atoms with Crippen LogP contribution in [0.5, 0.6) is 0 Å². The maximum absolute atomic E-state index is 3.32. The van der Waals surface area contributed by atoms with E-state index in [9.17, 15) is 0 Å². The molecule has 1 N–H and O–H groups in total. The molecular weight excluding hydrogens is 259 g/mol. The molecule has 0 atom stereocenters. The largest absolute Gasteiger partial charge is 1.00 e. The second-order valence-electron chi connectivity index (χ2n) is 3.13. The standard InChI is InChI=1S/C12H8N.Ru/c1-3-7-11-9(5-1)10-6-2-4-8-12(10)13-11;/h1-7,13H;/q-1;+1. The predicted molar refractivity (Wildman–Crippen MR) is 54.6 cm³/mol. The van der Waals surface area contributed by atoms with Crippen LogP contribution in [0.15, 0.2) is 42.5 Å². The minimum atomic E-state index is 0. The van der Waals surface area contributed by atoms with E-state index in [-0.39, 0.29) is 19.5 Å². The normalized spacial score (nSPS) is 10.3. The zero-order chi connectivity index (χ0) is 8.67. The van der Waals surface area contributed by atoms with Gasteiger partial charge in [0.2, 0.25) is 0 Å². The van der Waals surface area contributed by atoms with E-state index in [2.05, 4.69) is 35.3 Å². The van der Waals surface area contributed by atoms with Gasteiger partial charge >= 0.3 is 19.5 Å². The minimum Gasteiger partial charge on any atom is -0.378 e. The third kappa shape index (κ3) is 1.27. The second-order valence-corrected chi connectivity index (χ2v) is 3.13. The molecule has 0 amide bonds. The molecule has 69 valence electrons. The molecule has 0 aliphatic rings. The average Bonchev–Trinajstić information content (AvgIpc) is 2.56. The molecular formula is C12H8NRu. The zero-order valence-corrected chi connectivity index (χ0v) is 9.13. The van der Waals surface area contributed by atoms with Crippen molar-refractivity contribution < 1.29 is 19.5 Å². The monoisotopic (exact) mass is 268 g/mol. The fourth-order valence-electron chi connectivity index (χ4n) is 1.73. The van der Waals surface area contributed by atoms with Gasteiger partial charge in [0, 0.05) is 5.52 Å². The SMILES string of the molecule is [Ru+].[c-]1cccc2c1[nH]c1ccccc12. The molecule has 0 aliphatic heterocycles. The van der Waals surface area contributed by atoms with Crippen LogP contribution in [-0.2, 0) is 19.5 Å². The molecule has 1 radical (unpaired) electrons. The fourth-order valence-corrected chi connectivity index (χ4v) is 1.73. The Balaban J connectivity index is 0.000000750. The molecule has 3 aromatic rings. The first-order valence-electron chi connectivity index (χ1n) is 4.32. The van der Waals surface area contributed by atoms with Crippen LogP contribution in [0.25, 0.3) is 21.8 Å². The fraction of sp³-hybridized carbons (Fsp3) is 0. The van der Waals surface area contributed by atoms with Gasteiger partial charge in [-0.3, -0.25) is 0 Å². The van der Waals surface area contributed by atoms with E-state index < -0.39 is 0 Å². The minimum absolute atomic E-state index is 0. The van der Waals surface area contributed by atoms with Gasteiger partial charge in [0.25, 0.3) is 0 Å². The van der Waals surface area contributed by atoms with E-state index in [0.29, 0.717) is 0 Å². The number of rotatable bonds is 0. The average molecular weight is 267 g/mol. The molecule has 0 bridgehead atoms. The van der Waals surface area contributed by atoms with E-state index in [1.54, 1.807) is 0 Å². The van der Waals surface area contributed by atoms with Gasteiger partial charge in [-0.15, -0.1) is 5.39 Å². The third-order valence-corrected chi connectivity index (χ3v) is 2.33. The molecule has 3 rings (SSSR count). The van der Waals surface area contributed by atoms with Crippen molar-refractivity contribution in [3.8, 4) is 0 Å². The molecule has 1 heterocycles. The van der Waals surface area contributed by atoms with Crippen LogP contribution in [0.3, 0.4) is 0 Å². The number of hydrogen-bond donors (Lipinski definition) is 1. The molecule has 1 nitrogen and oxygen atoms in total. The first-order chi connectivity index (χ1) is 6.45. The topological polar surface area (TPSA) is 15.8 Å². The summed E-state index contributed by atoms with van der Waals surface area (Å²) in [7, 11) is 0. The van der Waals surface area contributed by atoms with E-state index in [4.69, 9.17) is 0 Å². The summed E-state index contributed by atoms with van der Waals surface area (Å²) in [6, 6.07) is 17.6. The van der Waals surface area contributed by atoms with Gasteiger partial charge in [0.15, 0.2) is 0 Å². The molecule has 0 saturated carbocycles. The molecule has 14 heavy (non-hydrogen) atoms. The summed E-state index contributed by atoms with van der Waals surface area (Å²) in [6.07, 6.45) is 0. The molecule has 2 heteroatoms. The van der Waals surface area contributed by atoms with Crippen LogP contribution in [0.1, 0.15) is 0 Å². The van der Waals surface area contributed by atoms with Gasteiger partial charge in [0.05, 0.1) is 0 Å². The van der Waals surface area contributed by atoms with Crippen LogP contribution in [0.2, 0.25) is 0 Å². The number of fused-ring (bicyclic) bond motifs is 3. The molecule has 0 spiro atoms. The number of para-hydroxylation sites is 2.